The third kappa shape index (κ3) is 5.86. The summed E-state index contributed by atoms with van der Waals surface area (Å²) < 4.78 is 16.9. The SMILES string of the molecule is CC(C)(C)O[C@H]1CC(=O)O[C@@H](COCc2ccccc2)C1. The normalized spacial score (nSPS) is 22.9. The lowest BCUT2D eigenvalue weighted by molar-refractivity contribution is -0.175. The van der Waals surface area contributed by atoms with Crippen LogP contribution >= 0.6 is 0 Å². The molecule has 4 heteroatoms. The van der Waals surface area contributed by atoms with Crippen molar-refractivity contribution in [1.29, 1.82) is 0 Å². The first kappa shape index (κ1) is 16.0. The van der Waals surface area contributed by atoms with E-state index in [0.717, 1.165) is 5.56 Å². The number of benzene rings is 1. The van der Waals surface area contributed by atoms with Crippen molar-refractivity contribution in [3.63, 3.8) is 0 Å². The van der Waals surface area contributed by atoms with Gasteiger partial charge in [0.05, 0.1) is 31.3 Å². The summed E-state index contributed by atoms with van der Waals surface area (Å²) >= 11 is 0. The first-order valence-corrected chi connectivity index (χ1v) is 7.41. The Morgan fingerprint density at radius 1 is 1.24 bits per heavy atom. The van der Waals surface area contributed by atoms with Crippen LogP contribution in [-0.2, 0) is 25.6 Å². The van der Waals surface area contributed by atoms with Gasteiger partial charge in [0.2, 0.25) is 0 Å². The molecule has 0 aromatic heterocycles. The Hall–Kier alpha value is -1.39. The first-order valence-electron chi connectivity index (χ1n) is 7.41. The molecule has 0 radical (unpaired) electrons. The second kappa shape index (κ2) is 7.05. The third-order valence-corrected chi connectivity index (χ3v) is 3.15. The fraction of sp³-hybridized carbons (Fsp3) is 0.588. The van der Waals surface area contributed by atoms with Crippen LogP contribution in [0.2, 0.25) is 0 Å². The summed E-state index contributed by atoms with van der Waals surface area (Å²) in [5.74, 6) is -0.205. The Kier molecular flexibility index (Phi) is 5.37. The van der Waals surface area contributed by atoms with Gasteiger partial charge >= 0.3 is 5.97 Å². The van der Waals surface area contributed by atoms with Crippen LogP contribution in [0.1, 0.15) is 39.2 Å². The fourth-order valence-corrected chi connectivity index (χ4v) is 2.42. The minimum Gasteiger partial charge on any atom is -0.460 e. The van der Waals surface area contributed by atoms with Gasteiger partial charge in [0.1, 0.15) is 6.10 Å². The van der Waals surface area contributed by atoms with E-state index >= 15 is 0 Å². The molecule has 1 aliphatic heterocycles. The summed E-state index contributed by atoms with van der Waals surface area (Å²) in [6.07, 6.45) is 0.712. The van der Waals surface area contributed by atoms with E-state index in [9.17, 15) is 4.79 Å². The monoisotopic (exact) mass is 292 g/mol. The molecule has 2 rings (SSSR count). The fourth-order valence-electron chi connectivity index (χ4n) is 2.42. The van der Waals surface area contributed by atoms with Gasteiger partial charge in [-0.1, -0.05) is 30.3 Å². The van der Waals surface area contributed by atoms with Gasteiger partial charge in [-0.2, -0.15) is 0 Å². The predicted molar refractivity (Wildman–Crippen MR) is 79.8 cm³/mol. The zero-order valence-corrected chi connectivity index (χ0v) is 13.0. The molecule has 0 bridgehead atoms. The Balaban J connectivity index is 1.78. The van der Waals surface area contributed by atoms with Gasteiger partial charge in [0.15, 0.2) is 0 Å². The number of carbonyl (C=O) groups is 1. The van der Waals surface area contributed by atoms with Crippen molar-refractivity contribution in [2.45, 2.75) is 58.0 Å². The largest absolute Gasteiger partial charge is 0.460 e. The lowest BCUT2D eigenvalue weighted by Crippen LogP contribution is -2.40. The van der Waals surface area contributed by atoms with Gasteiger partial charge < -0.3 is 14.2 Å². The maximum atomic E-state index is 11.6. The van der Waals surface area contributed by atoms with Gasteiger partial charge in [-0.25, -0.2) is 0 Å². The van der Waals surface area contributed by atoms with Gasteiger partial charge in [-0.3, -0.25) is 4.79 Å². The number of cyclic esters (lactones) is 1. The number of hydrogen-bond donors (Lipinski definition) is 0. The van der Waals surface area contributed by atoms with Crippen LogP contribution in [0.15, 0.2) is 30.3 Å². The predicted octanol–water partition coefficient (Wildman–Crippen LogP) is 3.09. The molecule has 4 nitrogen and oxygen atoms in total. The van der Waals surface area contributed by atoms with Crippen molar-refractivity contribution in [2.24, 2.45) is 0 Å². The molecule has 0 amide bonds. The van der Waals surface area contributed by atoms with Gasteiger partial charge in [-0.05, 0) is 26.3 Å². The molecule has 0 aliphatic carbocycles. The van der Waals surface area contributed by atoms with Crippen molar-refractivity contribution in [1.82, 2.24) is 0 Å². The van der Waals surface area contributed by atoms with Crippen LogP contribution < -0.4 is 0 Å². The van der Waals surface area contributed by atoms with Crippen LogP contribution in [0.5, 0.6) is 0 Å². The molecular formula is C17H24O4. The highest BCUT2D eigenvalue weighted by Crippen LogP contribution is 2.23. The zero-order chi connectivity index (χ0) is 15.3. The molecule has 1 heterocycles. The van der Waals surface area contributed by atoms with E-state index in [1.807, 2.05) is 51.1 Å². The van der Waals surface area contributed by atoms with Crippen LogP contribution in [0.4, 0.5) is 0 Å². The summed E-state index contributed by atoms with van der Waals surface area (Å²) in [6, 6.07) is 9.96. The second-order valence-corrected chi connectivity index (χ2v) is 6.40. The minimum atomic E-state index is -0.252. The lowest BCUT2D eigenvalue weighted by atomic mass is 10.0. The molecule has 1 saturated heterocycles. The summed E-state index contributed by atoms with van der Waals surface area (Å²) in [7, 11) is 0. The highest BCUT2D eigenvalue weighted by Gasteiger charge is 2.31. The van der Waals surface area contributed by atoms with Crippen molar-refractivity contribution < 1.29 is 19.0 Å². The molecule has 2 atom stereocenters. The number of hydrogen-bond acceptors (Lipinski definition) is 4. The highest BCUT2D eigenvalue weighted by atomic mass is 16.6. The van der Waals surface area contributed by atoms with E-state index in [4.69, 9.17) is 14.2 Å². The van der Waals surface area contributed by atoms with Crippen molar-refractivity contribution in [2.75, 3.05) is 6.61 Å². The quantitative estimate of drug-likeness (QED) is 0.782. The van der Waals surface area contributed by atoms with E-state index in [0.29, 0.717) is 26.1 Å². The highest BCUT2D eigenvalue weighted by molar-refractivity contribution is 5.71. The van der Waals surface area contributed by atoms with E-state index in [1.165, 1.54) is 0 Å². The molecule has 1 fully saturated rings. The van der Waals surface area contributed by atoms with E-state index < -0.39 is 0 Å². The van der Waals surface area contributed by atoms with Crippen LogP contribution in [-0.4, -0.2) is 30.4 Å². The number of esters is 1. The topological polar surface area (TPSA) is 44.8 Å². The molecule has 0 spiro atoms. The maximum Gasteiger partial charge on any atom is 0.308 e. The summed E-state index contributed by atoms with van der Waals surface area (Å²) in [5, 5.41) is 0. The molecule has 1 aromatic rings. The van der Waals surface area contributed by atoms with Crippen LogP contribution in [0.25, 0.3) is 0 Å². The summed E-state index contributed by atoms with van der Waals surface area (Å²) in [6.45, 7) is 6.92. The Labute approximate surface area is 126 Å². The number of carbonyl (C=O) groups excluding carboxylic acids is 1. The molecule has 1 aromatic carbocycles. The smallest absolute Gasteiger partial charge is 0.308 e. The maximum absolute atomic E-state index is 11.6. The summed E-state index contributed by atoms with van der Waals surface area (Å²) in [5.41, 5.74) is 0.861. The van der Waals surface area contributed by atoms with Gasteiger partial charge in [-0.15, -0.1) is 0 Å². The molecule has 21 heavy (non-hydrogen) atoms. The Bertz CT molecular complexity index is 450. The number of ether oxygens (including phenoxy) is 3. The minimum absolute atomic E-state index is 0.0865. The third-order valence-electron chi connectivity index (χ3n) is 3.15. The van der Waals surface area contributed by atoms with Crippen molar-refractivity contribution >= 4 is 5.97 Å². The van der Waals surface area contributed by atoms with Gasteiger partial charge in [0.25, 0.3) is 0 Å². The van der Waals surface area contributed by atoms with Gasteiger partial charge in [0, 0.05) is 6.42 Å². The first-order chi connectivity index (χ1) is 9.92. The van der Waals surface area contributed by atoms with E-state index in [1.54, 1.807) is 0 Å². The average Bonchev–Trinajstić information content (AvgIpc) is 2.37. The zero-order valence-electron chi connectivity index (χ0n) is 13.0. The summed E-state index contributed by atoms with van der Waals surface area (Å²) in [4.78, 5) is 11.6. The van der Waals surface area contributed by atoms with E-state index in [2.05, 4.69) is 0 Å². The molecule has 116 valence electrons. The Morgan fingerprint density at radius 2 is 1.95 bits per heavy atom. The standard InChI is InChI=1S/C17H24O4/c1-17(2,3)21-14-9-15(20-16(18)10-14)12-19-11-13-7-5-4-6-8-13/h4-8,14-15H,9-12H2,1-3H3/t14-,15-/m1/s1. The van der Waals surface area contributed by atoms with Crippen molar-refractivity contribution in [3.8, 4) is 0 Å². The van der Waals surface area contributed by atoms with Crippen molar-refractivity contribution in [3.05, 3.63) is 35.9 Å². The molecule has 0 N–H and O–H groups in total. The molecule has 0 unspecified atom stereocenters. The van der Waals surface area contributed by atoms with Crippen LogP contribution in [0.3, 0.4) is 0 Å². The molecule has 1 aliphatic rings. The number of rotatable bonds is 5. The van der Waals surface area contributed by atoms with E-state index in [-0.39, 0.29) is 23.8 Å². The molecule has 0 saturated carbocycles. The lowest BCUT2D eigenvalue weighted by Gasteiger charge is -2.33. The Morgan fingerprint density at radius 3 is 2.62 bits per heavy atom. The van der Waals surface area contributed by atoms with Crippen LogP contribution in [0, 0.1) is 0 Å². The average molecular weight is 292 g/mol. The second-order valence-electron chi connectivity index (χ2n) is 6.40. The molecular weight excluding hydrogens is 268 g/mol.